The number of halogens is 2. The third kappa shape index (κ3) is 4.66. The molecule has 22 heavy (non-hydrogen) atoms. The summed E-state index contributed by atoms with van der Waals surface area (Å²) in [6.07, 6.45) is -0.397. The molecule has 0 aliphatic carbocycles. The van der Waals surface area contributed by atoms with Gasteiger partial charge in [-0.1, -0.05) is 18.2 Å². The van der Waals surface area contributed by atoms with Crippen LogP contribution in [0.25, 0.3) is 0 Å². The lowest BCUT2D eigenvalue weighted by Gasteiger charge is -2.07. The molecule has 2 aromatic rings. The highest BCUT2D eigenvalue weighted by Crippen LogP contribution is 2.09. The molecule has 0 radical (unpaired) electrons. The summed E-state index contributed by atoms with van der Waals surface area (Å²) >= 11 is 0. The lowest BCUT2D eigenvalue weighted by Crippen LogP contribution is -2.28. The van der Waals surface area contributed by atoms with E-state index in [9.17, 15) is 18.4 Å². The molecule has 0 atom stereocenters. The van der Waals surface area contributed by atoms with E-state index in [1.165, 1.54) is 30.3 Å². The number of nitrogens with one attached hydrogen (secondary N) is 2. The molecule has 0 aliphatic heterocycles. The molecule has 2 N–H and O–H groups in total. The Morgan fingerprint density at radius 1 is 0.909 bits per heavy atom. The van der Waals surface area contributed by atoms with Gasteiger partial charge in [0.05, 0.1) is 0 Å². The van der Waals surface area contributed by atoms with Crippen molar-refractivity contribution < 1.29 is 18.4 Å². The van der Waals surface area contributed by atoms with Gasteiger partial charge < -0.3 is 10.6 Å². The van der Waals surface area contributed by atoms with E-state index in [0.717, 1.165) is 0 Å². The predicted octanol–water partition coefficient (Wildman–Crippen LogP) is 2.61. The van der Waals surface area contributed by atoms with E-state index in [0.29, 0.717) is 11.3 Å². The van der Waals surface area contributed by atoms with Crippen LogP contribution in [0, 0.1) is 11.6 Å². The number of benzene rings is 2. The molecule has 0 unspecified atom stereocenters. The van der Waals surface area contributed by atoms with E-state index < -0.39 is 29.9 Å². The quantitative estimate of drug-likeness (QED) is 0.834. The second-order valence-electron chi connectivity index (χ2n) is 4.60. The number of amides is 2. The third-order valence-electron chi connectivity index (χ3n) is 2.88. The fourth-order valence-corrected chi connectivity index (χ4v) is 1.78. The van der Waals surface area contributed by atoms with Crippen LogP contribution in [-0.4, -0.2) is 11.8 Å². The van der Waals surface area contributed by atoms with Gasteiger partial charge in [0, 0.05) is 17.8 Å². The molecule has 0 fully saturated rings. The maximum Gasteiger partial charge on any atom is 0.233 e. The summed E-state index contributed by atoms with van der Waals surface area (Å²) in [5.41, 5.74) is 0.739. The zero-order valence-corrected chi connectivity index (χ0v) is 11.6. The Balaban J connectivity index is 1.80. The molecular formula is C16H14F2N2O2. The number of rotatable bonds is 5. The minimum absolute atomic E-state index is 0.00926. The van der Waals surface area contributed by atoms with E-state index in [1.807, 2.05) is 0 Å². The van der Waals surface area contributed by atoms with Crippen LogP contribution in [0.2, 0.25) is 0 Å². The molecule has 2 rings (SSSR count). The molecule has 0 saturated carbocycles. The van der Waals surface area contributed by atoms with Crippen molar-refractivity contribution in [3.8, 4) is 0 Å². The standard InChI is InChI=1S/C16H14F2N2O2/c17-12-5-7-13(8-6-12)20-16(22)9-15(21)19-10-11-3-1-2-4-14(11)18/h1-8H,9-10H2,(H,19,21)(H,20,22). The summed E-state index contributed by atoms with van der Waals surface area (Å²) in [4.78, 5) is 23.3. The number of anilines is 1. The lowest BCUT2D eigenvalue weighted by atomic mass is 10.2. The Hall–Kier alpha value is -2.76. The molecule has 6 heteroatoms. The first kappa shape index (κ1) is 15.6. The van der Waals surface area contributed by atoms with Gasteiger partial charge in [0.15, 0.2) is 0 Å². The van der Waals surface area contributed by atoms with Gasteiger partial charge in [0.25, 0.3) is 0 Å². The first-order valence-corrected chi connectivity index (χ1v) is 6.60. The van der Waals surface area contributed by atoms with E-state index >= 15 is 0 Å². The molecule has 4 nitrogen and oxygen atoms in total. The second-order valence-corrected chi connectivity index (χ2v) is 4.60. The van der Waals surface area contributed by atoms with Gasteiger partial charge in [-0.05, 0) is 30.3 Å². The number of carbonyl (C=O) groups is 2. The molecule has 0 bridgehead atoms. The van der Waals surface area contributed by atoms with Crippen molar-refractivity contribution in [2.45, 2.75) is 13.0 Å². The Labute approximate surface area is 126 Å². The Bertz CT molecular complexity index is 672. The zero-order chi connectivity index (χ0) is 15.9. The van der Waals surface area contributed by atoms with Gasteiger partial charge in [-0.3, -0.25) is 9.59 Å². The van der Waals surface area contributed by atoms with Crippen molar-refractivity contribution in [3.63, 3.8) is 0 Å². The van der Waals surface area contributed by atoms with Crippen molar-refractivity contribution in [1.82, 2.24) is 5.32 Å². The largest absolute Gasteiger partial charge is 0.351 e. The van der Waals surface area contributed by atoms with Crippen molar-refractivity contribution in [1.29, 1.82) is 0 Å². The fourth-order valence-electron chi connectivity index (χ4n) is 1.78. The van der Waals surface area contributed by atoms with Gasteiger partial charge in [-0.15, -0.1) is 0 Å². The van der Waals surface area contributed by atoms with Gasteiger partial charge >= 0.3 is 0 Å². The molecule has 0 saturated heterocycles. The van der Waals surface area contributed by atoms with Crippen molar-refractivity contribution in [2.24, 2.45) is 0 Å². The zero-order valence-electron chi connectivity index (χ0n) is 11.6. The van der Waals surface area contributed by atoms with Crippen molar-refractivity contribution in [2.75, 3.05) is 5.32 Å². The van der Waals surface area contributed by atoms with Crippen LogP contribution < -0.4 is 10.6 Å². The van der Waals surface area contributed by atoms with Gasteiger partial charge in [0.2, 0.25) is 11.8 Å². The highest BCUT2D eigenvalue weighted by molar-refractivity contribution is 6.03. The molecule has 2 aromatic carbocycles. The monoisotopic (exact) mass is 304 g/mol. The van der Waals surface area contributed by atoms with Crippen LogP contribution in [0.3, 0.4) is 0 Å². The normalized spacial score (nSPS) is 10.1. The van der Waals surface area contributed by atoms with Gasteiger partial charge in [-0.25, -0.2) is 8.78 Å². The predicted molar refractivity (Wildman–Crippen MR) is 77.9 cm³/mol. The van der Waals surface area contributed by atoms with Crippen LogP contribution in [0.5, 0.6) is 0 Å². The highest BCUT2D eigenvalue weighted by Gasteiger charge is 2.10. The maximum atomic E-state index is 13.4. The minimum atomic E-state index is -0.530. The average Bonchev–Trinajstić information content (AvgIpc) is 2.49. The van der Waals surface area contributed by atoms with Crippen LogP contribution >= 0.6 is 0 Å². The first-order valence-electron chi connectivity index (χ1n) is 6.60. The Morgan fingerprint density at radius 3 is 2.27 bits per heavy atom. The van der Waals surface area contributed by atoms with Crippen LogP contribution in [0.1, 0.15) is 12.0 Å². The van der Waals surface area contributed by atoms with Gasteiger partial charge in [0.1, 0.15) is 18.1 Å². The second kappa shape index (κ2) is 7.31. The highest BCUT2D eigenvalue weighted by atomic mass is 19.1. The summed E-state index contributed by atoms with van der Waals surface area (Å²) in [5.74, 6) is -1.89. The van der Waals surface area contributed by atoms with Gasteiger partial charge in [-0.2, -0.15) is 0 Å². The summed E-state index contributed by atoms with van der Waals surface area (Å²) in [5, 5.41) is 4.93. The number of carbonyl (C=O) groups excluding carboxylic acids is 2. The van der Waals surface area contributed by atoms with E-state index in [-0.39, 0.29) is 6.54 Å². The van der Waals surface area contributed by atoms with Crippen molar-refractivity contribution >= 4 is 17.5 Å². The number of hydrogen-bond donors (Lipinski definition) is 2. The molecular weight excluding hydrogens is 290 g/mol. The summed E-state index contributed by atoms with van der Waals surface area (Å²) < 4.78 is 26.1. The summed E-state index contributed by atoms with van der Waals surface area (Å²) in [6, 6.07) is 11.2. The fraction of sp³-hybridized carbons (Fsp3) is 0.125. The minimum Gasteiger partial charge on any atom is -0.351 e. The van der Waals surface area contributed by atoms with E-state index in [4.69, 9.17) is 0 Å². The SMILES string of the molecule is O=C(CC(=O)Nc1ccc(F)cc1)NCc1ccccc1F. The van der Waals surface area contributed by atoms with Crippen LogP contribution in [-0.2, 0) is 16.1 Å². The number of hydrogen-bond acceptors (Lipinski definition) is 2. The van der Waals surface area contributed by atoms with Crippen molar-refractivity contribution in [3.05, 3.63) is 65.7 Å². The van der Waals surface area contributed by atoms with Crippen LogP contribution in [0.4, 0.5) is 14.5 Å². The van der Waals surface area contributed by atoms with Crippen LogP contribution in [0.15, 0.2) is 48.5 Å². The maximum absolute atomic E-state index is 13.4. The molecule has 0 aliphatic rings. The average molecular weight is 304 g/mol. The molecule has 114 valence electrons. The molecule has 0 spiro atoms. The van der Waals surface area contributed by atoms with E-state index in [1.54, 1.807) is 18.2 Å². The first-order chi connectivity index (χ1) is 10.5. The summed E-state index contributed by atoms with van der Waals surface area (Å²) in [7, 11) is 0. The smallest absolute Gasteiger partial charge is 0.233 e. The molecule has 2 amide bonds. The summed E-state index contributed by atoms with van der Waals surface area (Å²) in [6.45, 7) is 0.00926. The Morgan fingerprint density at radius 2 is 1.59 bits per heavy atom. The third-order valence-corrected chi connectivity index (χ3v) is 2.88. The van der Waals surface area contributed by atoms with E-state index in [2.05, 4.69) is 10.6 Å². The molecule has 0 aromatic heterocycles. The Kier molecular flexibility index (Phi) is 5.19. The topological polar surface area (TPSA) is 58.2 Å². The molecule has 0 heterocycles. The lowest BCUT2D eigenvalue weighted by molar-refractivity contribution is -0.126.